The van der Waals surface area contributed by atoms with Crippen LogP contribution in [0.25, 0.3) is 20.8 Å². The number of aryl methyl sites for hydroxylation is 1. The van der Waals surface area contributed by atoms with E-state index >= 15 is 0 Å². The molecule has 1 fully saturated rings. The minimum Gasteiger partial charge on any atom is -0.396 e. The Hall–Kier alpha value is -3.20. The summed E-state index contributed by atoms with van der Waals surface area (Å²) in [7, 11) is -3.78. The Morgan fingerprint density at radius 2 is 1.79 bits per heavy atom. The fraction of sp³-hybridized carbons (Fsp3) is 0.320. The second-order valence-corrected chi connectivity index (χ2v) is 11.9. The van der Waals surface area contributed by atoms with E-state index in [1.807, 2.05) is 31.2 Å². The lowest BCUT2D eigenvalue weighted by Crippen LogP contribution is -2.35. The van der Waals surface area contributed by atoms with Gasteiger partial charge in [0, 0.05) is 19.1 Å². The maximum Gasteiger partial charge on any atom is 0.238 e. The molecule has 0 amide bonds. The first-order valence-corrected chi connectivity index (χ1v) is 14.3. The molecule has 1 saturated carbocycles. The SMILES string of the molecule is Cc1nc(NCc2ccc(S(N)(=O)=O)cc2)nc(N[C@@H]2C[C@H](CO)[C@@H](O)[C@H]2O)c1-c1nc2ccccc2s1. The van der Waals surface area contributed by atoms with Crippen LogP contribution in [0.4, 0.5) is 11.8 Å². The van der Waals surface area contributed by atoms with Gasteiger partial charge in [0.15, 0.2) is 0 Å². The Morgan fingerprint density at radius 3 is 2.45 bits per heavy atom. The van der Waals surface area contributed by atoms with Gasteiger partial charge in [-0.25, -0.2) is 23.5 Å². The number of aliphatic hydroxyl groups is 3. The maximum absolute atomic E-state index is 11.5. The van der Waals surface area contributed by atoms with Gasteiger partial charge in [-0.2, -0.15) is 4.98 Å². The second-order valence-electron chi connectivity index (χ2n) is 9.30. The number of para-hydroxylation sites is 1. The van der Waals surface area contributed by atoms with Gasteiger partial charge in [-0.05, 0) is 43.2 Å². The minimum atomic E-state index is -3.78. The predicted molar refractivity (Wildman–Crippen MR) is 145 cm³/mol. The summed E-state index contributed by atoms with van der Waals surface area (Å²) < 4.78 is 24.0. The lowest BCUT2D eigenvalue weighted by molar-refractivity contribution is 0.00446. The lowest BCUT2D eigenvalue weighted by Gasteiger charge is -2.21. The number of nitrogens with one attached hydrogen (secondary N) is 2. The molecule has 4 atom stereocenters. The molecule has 2 aromatic carbocycles. The number of rotatable bonds is 8. The molecule has 2 aromatic heterocycles. The molecule has 0 unspecified atom stereocenters. The van der Waals surface area contributed by atoms with Gasteiger partial charge in [0.2, 0.25) is 16.0 Å². The van der Waals surface area contributed by atoms with Crippen molar-refractivity contribution < 1.29 is 23.7 Å². The summed E-state index contributed by atoms with van der Waals surface area (Å²) in [5.41, 5.74) is 2.98. The van der Waals surface area contributed by atoms with E-state index in [4.69, 9.17) is 10.1 Å². The van der Waals surface area contributed by atoms with Gasteiger partial charge in [-0.15, -0.1) is 11.3 Å². The summed E-state index contributed by atoms with van der Waals surface area (Å²) in [6, 6.07) is 13.4. The highest BCUT2D eigenvalue weighted by Crippen LogP contribution is 2.38. The molecular formula is C25H28N6O5S2. The van der Waals surface area contributed by atoms with Gasteiger partial charge < -0.3 is 26.0 Å². The molecular weight excluding hydrogens is 528 g/mol. The van der Waals surface area contributed by atoms with Crippen molar-refractivity contribution in [1.29, 1.82) is 0 Å². The second kappa shape index (κ2) is 10.5. The van der Waals surface area contributed by atoms with Crippen molar-refractivity contribution in [3.05, 3.63) is 59.8 Å². The van der Waals surface area contributed by atoms with E-state index in [0.717, 1.165) is 15.8 Å². The van der Waals surface area contributed by atoms with Crippen LogP contribution in [0.2, 0.25) is 0 Å². The van der Waals surface area contributed by atoms with Crippen LogP contribution in [-0.4, -0.2) is 63.5 Å². The van der Waals surface area contributed by atoms with E-state index in [1.165, 1.54) is 23.5 Å². The normalized spacial score (nSPS) is 21.6. The summed E-state index contributed by atoms with van der Waals surface area (Å²) in [5.74, 6) is 0.310. The van der Waals surface area contributed by atoms with Crippen LogP contribution in [0, 0.1) is 12.8 Å². The van der Waals surface area contributed by atoms with Gasteiger partial charge in [-0.1, -0.05) is 24.3 Å². The number of thiazole rings is 1. The van der Waals surface area contributed by atoms with Crippen molar-refractivity contribution >= 4 is 43.3 Å². The maximum atomic E-state index is 11.5. The van der Waals surface area contributed by atoms with Crippen molar-refractivity contribution in [3.63, 3.8) is 0 Å². The molecule has 0 radical (unpaired) electrons. The highest BCUT2D eigenvalue weighted by atomic mass is 32.2. The Bertz CT molecular complexity index is 1530. The summed E-state index contributed by atoms with van der Waals surface area (Å²) in [6.07, 6.45) is -1.77. The highest BCUT2D eigenvalue weighted by Gasteiger charge is 2.41. The fourth-order valence-corrected chi connectivity index (χ4v) is 6.17. The average molecular weight is 557 g/mol. The summed E-state index contributed by atoms with van der Waals surface area (Å²) in [6.45, 7) is 1.93. The van der Waals surface area contributed by atoms with Crippen molar-refractivity contribution in [2.75, 3.05) is 17.2 Å². The van der Waals surface area contributed by atoms with Crippen LogP contribution in [0.15, 0.2) is 53.4 Å². The zero-order chi connectivity index (χ0) is 27.0. The highest BCUT2D eigenvalue weighted by molar-refractivity contribution is 7.89. The van der Waals surface area contributed by atoms with E-state index in [1.54, 1.807) is 12.1 Å². The number of hydrogen-bond donors (Lipinski definition) is 6. The first kappa shape index (κ1) is 26.4. The lowest BCUT2D eigenvalue weighted by atomic mass is 10.1. The molecule has 0 spiro atoms. The molecule has 7 N–H and O–H groups in total. The summed E-state index contributed by atoms with van der Waals surface area (Å²) >= 11 is 1.50. The largest absolute Gasteiger partial charge is 0.396 e. The predicted octanol–water partition coefficient (Wildman–Crippen LogP) is 1.84. The number of nitrogens with two attached hydrogens (primary N) is 1. The molecule has 0 aliphatic heterocycles. The quantitative estimate of drug-likeness (QED) is 0.187. The summed E-state index contributed by atoms with van der Waals surface area (Å²) in [4.78, 5) is 14.1. The Labute approximate surface area is 223 Å². The molecule has 4 aromatic rings. The smallest absolute Gasteiger partial charge is 0.238 e. The van der Waals surface area contributed by atoms with Crippen LogP contribution >= 0.6 is 11.3 Å². The Kier molecular flexibility index (Phi) is 7.31. The Balaban J connectivity index is 1.47. The third kappa shape index (κ3) is 5.34. The van der Waals surface area contributed by atoms with Crippen LogP contribution in [0.3, 0.4) is 0 Å². The first-order valence-electron chi connectivity index (χ1n) is 12.0. The number of benzene rings is 2. The van der Waals surface area contributed by atoms with Crippen LogP contribution < -0.4 is 15.8 Å². The third-order valence-electron chi connectivity index (χ3n) is 6.66. The molecule has 0 bridgehead atoms. The Morgan fingerprint density at radius 1 is 1.05 bits per heavy atom. The number of sulfonamides is 1. The zero-order valence-electron chi connectivity index (χ0n) is 20.4. The van der Waals surface area contributed by atoms with Crippen molar-refractivity contribution in [1.82, 2.24) is 15.0 Å². The van der Waals surface area contributed by atoms with Crippen LogP contribution in [0.1, 0.15) is 17.7 Å². The number of aliphatic hydroxyl groups excluding tert-OH is 3. The molecule has 5 rings (SSSR count). The fourth-order valence-electron chi connectivity index (χ4n) is 4.59. The van der Waals surface area contributed by atoms with Gasteiger partial charge in [-0.3, -0.25) is 0 Å². The van der Waals surface area contributed by atoms with Gasteiger partial charge in [0.1, 0.15) is 16.9 Å². The van der Waals surface area contributed by atoms with Crippen LogP contribution in [0.5, 0.6) is 0 Å². The number of hydrogen-bond acceptors (Lipinski definition) is 11. The number of aromatic nitrogens is 3. The van der Waals surface area contributed by atoms with Crippen molar-refractivity contribution in [2.24, 2.45) is 11.1 Å². The van der Waals surface area contributed by atoms with Crippen LogP contribution in [-0.2, 0) is 16.6 Å². The standard InChI is InChI=1S/C25H28N6O5S2/c1-13-20(24-30-17-4-2-3-5-19(17)37-24)23(29-18-10-15(12-32)21(33)22(18)34)31-25(28-13)27-11-14-6-8-16(9-7-14)38(26,35)36/h2-9,15,18,21-22,32-34H,10-12H2,1H3,(H2,26,35,36)(H2,27,28,29,31)/t15-,18-,21-,22+/m1/s1. The zero-order valence-corrected chi connectivity index (χ0v) is 22.1. The monoisotopic (exact) mass is 556 g/mol. The molecule has 1 aliphatic rings. The van der Waals surface area contributed by atoms with Gasteiger partial charge >= 0.3 is 0 Å². The van der Waals surface area contributed by atoms with E-state index in [2.05, 4.69) is 20.6 Å². The van der Waals surface area contributed by atoms with E-state index in [0.29, 0.717) is 41.0 Å². The number of primary sulfonamides is 1. The van der Waals surface area contributed by atoms with Crippen molar-refractivity contribution in [3.8, 4) is 10.6 Å². The molecule has 11 nitrogen and oxygen atoms in total. The number of fused-ring (bicyclic) bond motifs is 1. The molecule has 2 heterocycles. The average Bonchev–Trinajstić information content (AvgIpc) is 3.43. The van der Waals surface area contributed by atoms with E-state index in [9.17, 15) is 23.7 Å². The molecule has 38 heavy (non-hydrogen) atoms. The molecule has 0 saturated heterocycles. The number of anilines is 2. The van der Waals surface area contributed by atoms with Gasteiger partial charge in [0.25, 0.3) is 0 Å². The molecule has 13 heteroatoms. The molecule has 1 aliphatic carbocycles. The first-order chi connectivity index (χ1) is 18.1. The third-order valence-corrected chi connectivity index (χ3v) is 8.64. The van der Waals surface area contributed by atoms with E-state index < -0.39 is 34.2 Å². The van der Waals surface area contributed by atoms with Gasteiger partial charge in [0.05, 0.1) is 38.5 Å². The number of nitrogens with zero attached hydrogens (tertiary/aromatic N) is 3. The molecule has 200 valence electrons. The minimum absolute atomic E-state index is 0.0264. The van der Waals surface area contributed by atoms with Crippen molar-refractivity contribution in [2.45, 2.75) is 43.0 Å². The summed E-state index contributed by atoms with van der Waals surface area (Å²) in [5, 5.41) is 42.9. The van der Waals surface area contributed by atoms with E-state index in [-0.39, 0.29) is 11.5 Å². The topological polar surface area (TPSA) is 184 Å².